The van der Waals surface area contributed by atoms with Crippen molar-refractivity contribution in [3.8, 4) is 11.1 Å². The van der Waals surface area contributed by atoms with Crippen molar-refractivity contribution in [3.63, 3.8) is 0 Å². The Bertz CT molecular complexity index is 1460. The van der Waals surface area contributed by atoms with Gasteiger partial charge in [-0.25, -0.2) is 0 Å². The lowest BCUT2D eigenvalue weighted by Gasteiger charge is -2.34. The summed E-state index contributed by atoms with van der Waals surface area (Å²) in [6.45, 7) is 9.65. The number of nitrogens with one attached hydrogen (secondary N) is 1. The molecule has 0 radical (unpaired) electrons. The normalized spacial score (nSPS) is 14.9. The standard InChI is InChI=1S/C30H34N4O3/c1-20(2)33-12-9-22(10-13-33)17-31-29(35)26-6-4-5-23(15-26)18-34-14-11-25-16-24(7-8-27(25)30(34)36)28-19-37-32-21(28)3/h4-8,11,14-16,19-20,22H,9-10,12-13,17-18H2,1-3H3,(H,31,35). The van der Waals surface area contributed by atoms with Gasteiger partial charge in [0.2, 0.25) is 0 Å². The first-order valence-electron chi connectivity index (χ1n) is 13.0. The summed E-state index contributed by atoms with van der Waals surface area (Å²) in [6.07, 6.45) is 5.66. The van der Waals surface area contributed by atoms with E-state index < -0.39 is 0 Å². The maximum atomic E-state index is 13.2. The van der Waals surface area contributed by atoms with E-state index in [0.29, 0.717) is 36.0 Å². The molecule has 2 aromatic carbocycles. The SMILES string of the molecule is Cc1nocc1-c1ccc2c(=O)n(Cc3cccc(C(=O)NCC4CCN(C(C)C)CC4)c3)ccc2c1. The Morgan fingerprint density at radius 2 is 1.95 bits per heavy atom. The van der Waals surface area contributed by atoms with Gasteiger partial charge in [0.05, 0.1) is 12.2 Å². The van der Waals surface area contributed by atoms with Gasteiger partial charge in [0.15, 0.2) is 0 Å². The number of amides is 1. The van der Waals surface area contributed by atoms with Gasteiger partial charge in [-0.1, -0.05) is 23.4 Å². The van der Waals surface area contributed by atoms with Gasteiger partial charge in [0.25, 0.3) is 11.5 Å². The Kier molecular flexibility index (Phi) is 7.24. The summed E-state index contributed by atoms with van der Waals surface area (Å²) in [7, 11) is 0. The third-order valence-electron chi connectivity index (χ3n) is 7.51. The molecule has 0 bridgehead atoms. The molecular formula is C30H34N4O3. The molecule has 7 heteroatoms. The zero-order valence-corrected chi connectivity index (χ0v) is 21.7. The van der Waals surface area contributed by atoms with Crippen LogP contribution in [0.2, 0.25) is 0 Å². The van der Waals surface area contributed by atoms with Crippen LogP contribution >= 0.6 is 0 Å². The number of carbonyl (C=O) groups excluding carboxylic acids is 1. The average molecular weight is 499 g/mol. The van der Waals surface area contributed by atoms with E-state index in [-0.39, 0.29) is 11.5 Å². The highest BCUT2D eigenvalue weighted by atomic mass is 16.5. The summed E-state index contributed by atoms with van der Waals surface area (Å²) in [4.78, 5) is 28.6. The molecule has 0 aliphatic carbocycles. The molecule has 192 valence electrons. The molecule has 5 rings (SSSR count). The maximum Gasteiger partial charge on any atom is 0.258 e. The molecule has 0 unspecified atom stereocenters. The molecule has 1 saturated heterocycles. The molecule has 1 N–H and O–H groups in total. The van der Waals surface area contributed by atoms with Crippen molar-refractivity contribution in [2.24, 2.45) is 5.92 Å². The Labute approximate surface area is 217 Å². The Balaban J connectivity index is 1.26. The number of pyridine rings is 1. The monoisotopic (exact) mass is 498 g/mol. The number of likely N-dealkylation sites (tertiary alicyclic amines) is 1. The molecule has 1 amide bonds. The summed E-state index contributed by atoms with van der Waals surface area (Å²) in [6, 6.07) is 15.8. The minimum absolute atomic E-state index is 0.0597. The van der Waals surface area contributed by atoms with Crippen LogP contribution in [0.3, 0.4) is 0 Å². The van der Waals surface area contributed by atoms with Gasteiger partial charge in [0.1, 0.15) is 6.26 Å². The van der Waals surface area contributed by atoms with Crippen LogP contribution in [0.15, 0.2) is 70.3 Å². The number of hydrogen-bond donors (Lipinski definition) is 1. The lowest BCUT2D eigenvalue weighted by atomic mass is 9.96. The predicted octanol–water partition coefficient (Wildman–Crippen LogP) is 4.86. The maximum absolute atomic E-state index is 13.2. The first-order chi connectivity index (χ1) is 17.9. The zero-order valence-electron chi connectivity index (χ0n) is 21.7. The van der Waals surface area contributed by atoms with Gasteiger partial charge in [0, 0.05) is 35.3 Å². The second-order valence-corrected chi connectivity index (χ2v) is 10.3. The summed E-state index contributed by atoms with van der Waals surface area (Å²) in [5, 5.41) is 8.58. The third kappa shape index (κ3) is 5.52. The van der Waals surface area contributed by atoms with Crippen molar-refractivity contribution in [2.75, 3.05) is 19.6 Å². The first-order valence-corrected chi connectivity index (χ1v) is 13.0. The van der Waals surface area contributed by atoms with Gasteiger partial charge >= 0.3 is 0 Å². The molecule has 1 aliphatic heterocycles. The van der Waals surface area contributed by atoms with E-state index in [1.807, 2.05) is 61.7 Å². The second kappa shape index (κ2) is 10.7. The fraction of sp³-hybridized carbons (Fsp3) is 0.367. The zero-order chi connectivity index (χ0) is 25.9. The van der Waals surface area contributed by atoms with Gasteiger partial charge in [-0.05, 0) is 99.5 Å². The van der Waals surface area contributed by atoms with Crippen LogP contribution in [0.5, 0.6) is 0 Å². The molecule has 37 heavy (non-hydrogen) atoms. The fourth-order valence-corrected chi connectivity index (χ4v) is 5.17. The number of aryl methyl sites for hydroxylation is 1. The molecule has 0 spiro atoms. The molecule has 0 atom stereocenters. The summed E-state index contributed by atoms with van der Waals surface area (Å²) < 4.78 is 6.75. The van der Waals surface area contributed by atoms with E-state index in [2.05, 4.69) is 29.2 Å². The average Bonchev–Trinajstić information content (AvgIpc) is 3.35. The largest absolute Gasteiger partial charge is 0.364 e. The van der Waals surface area contributed by atoms with Crippen LogP contribution in [0, 0.1) is 12.8 Å². The lowest BCUT2D eigenvalue weighted by Crippen LogP contribution is -2.41. The number of carbonyl (C=O) groups is 1. The van der Waals surface area contributed by atoms with Crippen LogP contribution in [0.4, 0.5) is 0 Å². The van der Waals surface area contributed by atoms with Crippen LogP contribution in [0.25, 0.3) is 21.9 Å². The van der Waals surface area contributed by atoms with Gasteiger partial charge in [-0.2, -0.15) is 0 Å². The highest BCUT2D eigenvalue weighted by Crippen LogP contribution is 2.25. The van der Waals surface area contributed by atoms with Gasteiger partial charge in [-0.15, -0.1) is 0 Å². The van der Waals surface area contributed by atoms with Crippen LogP contribution in [-0.4, -0.2) is 46.2 Å². The molecular weight excluding hydrogens is 464 g/mol. The van der Waals surface area contributed by atoms with Crippen molar-refractivity contribution in [1.82, 2.24) is 19.9 Å². The molecule has 7 nitrogen and oxygen atoms in total. The molecule has 3 heterocycles. The topological polar surface area (TPSA) is 80.4 Å². The van der Waals surface area contributed by atoms with E-state index >= 15 is 0 Å². The minimum atomic E-state index is -0.0614. The van der Waals surface area contributed by atoms with E-state index in [9.17, 15) is 9.59 Å². The van der Waals surface area contributed by atoms with Crippen molar-refractivity contribution in [1.29, 1.82) is 0 Å². The van der Waals surface area contributed by atoms with E-state index in [4.69, 9.17) is 4.52 Å². The van der Waals surface area contributed by atoms with Crippen molar-refractivity contribution < 1.29 is 9.32 Å². The number of rotatable bonds is 7. The van der Waals surface area contributed by atoms with Crippen molar-refractivity contribution >= 4 is 16.7 Å². The minimum Gasteiger partial charge on any atom is -0.364 e. The Hall–Kier alpha value is -3.71. The number of fused-ring (bicyclic) bond motifs is 1. The number of piperidine rings is 1. The van der Waals surface area contributed by atoms with E-state index in [0.717, 1.165) is 53.7 Å². The van der Waals surface area contributed by atoms with Crippen LogP contribution in [0.1, 0.15) is 48.3 Å². The molecule has 2 aromatic heterocycles. The quantitative estimate of drug-likeness (QED) is 0.394. The lowest BCUT2D eigenvalue weighted by molar-refractivity contribution is 0.0929. The molecule has 1 fully saturated rings. The van der Waals surface area contributed by atoms with Gasteiger partial charge < -0.3 is 19.3 Å². The van der Waals surface area contributed by atoms with E-state index in [1.54, 1.807) is 10.8 Å². The highest BCUT2D eigenvalue weighted by molar-refractivity contribution is 5.94. The first kappa shape index (κ1) is 25.0. The smallest absolute Gasteiger partial charge is 0.258 e. The number of nitrogens with zero attached hydrogens (tertiary/aromatic N) is 3. The Morgan fingerprint density at radius 3 is 2.68 bits per heavy atom. The summed E-state index contributed by atoms with van der Waals surface area (Å²) in [5.74, 6) is 0.461. The Morgan fingerprint density at radius 1 is 1.14 bits per heavy atom. The number of hydrogen-bond acceptors (Lipinski definition) is 5. The molecule has 0 saturated carbocycles. The fourth-order valence-electron chi connectivity index (χ4n) is 5.17. The number of benzene rings is 2. The number of aromatic nitrogens is 2. The third-order valence-corrected chi connectivity index (χ3v) is 7.51. The summed E-state index contributed by atoms with van der Waals surface area (Å²) >= 11 is 0. The second-order valence-electron chi connectivity index (χ2n) is 10.3. The highest BCUT2D eigenvalue weighted by Gasteiger charge is 2.21. The summed E-state index contributed by atoms with van der Waals surface area (Å²) in [5.41, 5.74) is 4.17. The molecule has 1 aliphatic rings. The van der Waals surface area contributed by atoms with Crippen LogP contribution in [-0.2, 0) is 6.54 Å². The van der Waals surface area contributed by atoms with Crippen molar-refractivity contribution in [2.45, 2.75) is 46.2 Å². The van der Waals surface area contributed by atoms with E-state index in [1.165, 1.54) is 0 Å². The van der Waals surface area contributed by atoms with Crippen LogP contribution < -0.4 is 10.9 Å². The molecule has 4 aromatic rings. The van der Waals surface area contributed by atoms with Crippen molar-refractivity contribution in [3.05, 3.63) is 88.2 Å². The van der Waals surface area contributed by atoms with Gasteiger partial charge in [-0.3, -0.25) is 9.59 Å². The predicted molar refractivity (Wildman–Crippen MR) is 146 cm³/mol.